The van der Waals surface area contributed by atoms with Gasteiger partial charge in [0.2, 0.25) is 0 Å². The van der Waals surface area contributed by atoms with E-state index in [1.807, 2.05) is 0 Å². The van der Waals surface area contributed by atoms with Gasteiger partial charge in [-0.05, 0) is 30.9 Å². The van der Waals surface area contributed by atoms with E-state index >= 15 is 0 Å². The summed E-state index contributed by atoms with van der Waals surface area (Å²) in [5, 5.41) is 9.21. The number of carbonyl (C=O) groups excluding carboxylic acids is 1. The summed E-state index contributed by atoms with van der Waals surface area (Å²) in [6.07, 6.45) is -3.64. The van der Waals surface area contributed by atoms with Crippen LogP contribution in [-0.4, -0.2) is 46.3 Å². The molecule has 0 aromatic carbocycles. The van der Waals surface area contributed by atoms with Gasteiger partial charge in [-0.15, -0.1) is 0 Å². The predicted molar refractivity (Wildman–Crippen MR) is 64.9 cm³/mol. The minimum Gasteiger partial charge on any atom is -0.383 e. The molecule has 20 heavy (non-hydrogen) atoms. The van der Waals surface area contributed by atoms with Gasteiger partial charge in [-0.3, -0.25) is 9.78 Å². The Balaban J connectivity index is 1.93. The minimum atomic E-state index is -4.60. The molecule has 0 bridgehead atoms. The van der Waals surface area contributed by atoms with Crippen LogP contribution in [0.4, 0.5) is 13.2 Å². The lowest BCUT2D eigenvalue weighted by molar-refractivity contribution is -0.222. The smallest absolute Gasteiger partial charge is 0.383 e. The van der Waals surface area contributed by atoms with Gasteiger partial charge < -0.3 is 10.0 Å². The van der Waals surface area contributed by atoms with Crippen molar-refractivity contribution in [2.75, 3.05) is 13.1 Å². The van der Waals surface area contributed by atoms with Crippen molar-refractivity contribution in [3.63, 3.8) is 0 Å². The third-order valence-electron chi connectivity index (χ3n) is 3.52. The molecule has 1 fully saturated rings. The van der Waals surface area contributed by atoms with Gasteiger partial charge in [-0.1, -0.05) is 0 Å². The first kappa shape index (κ1) is 14.8. The number of hydrogen-bond acceptors (Lipinski definition) is 3. The van der Waals surface area contributed by atoms with Crippen LogP contribution in [0.25, 0.3) is 0 Å². The maximum absolute atomic E-state index is 12.4. The Labute approximate surface area is 114 Å². The molecule has 1 saturated heterocycles. The molecule has 0 aliphatic carbocycles. The number of rotatable bonds is 2. The van der Waals surface area contributed by atoms with Crippen LogP contribution < -0.4 is 0 Å². The minimum absolute atomic E-state index is 0.146. The van der Waals surface area contributed by atoms with Crippen molar-refractivity contribution < 1.29 is 23.1 Å². The van der Waals surface area contributed by atoms with E-state index in [1.165, 1.54) is 11.1 Å². The van der Waals surface area contributed by atoms with E-state index in [-0.39, 0.29) is 31.8 Å². The molecule has 0 radical (unpaired) electrons. The van der Waals surface area contributed by atoms with Crippen LogP contribution >= 0.6 is 0 Å². The molecular formula is C13H15F3N2O2. The van der Waals surface area contributed by atoms with Gasteiger partial charge in [0.05, 0.1) is 5.56 Å². The Morgan fingerprint density at radius 2 is 2.05 bits per heavy atom. The standard InChI is InChI=1S/C13H15F3N2O2/c14-13(15,16)11(19)9-3-6-18(7-4-9)12(20)10-2-1-5-17-8-10/h1-2,5,8-9,11,19H,3-4,6-7H2. The number of aromatic nitrogens is 1. The van der Waals surface area contributed by atoms with E-state index in [2.05, 4.69) is 4.98 Å². The lowest BCUT2D eigenvalue weighted by Gasteiger charge is -2.34. The highest BCUT2D eigenvalue weighted by Crippen LogP contribution is 2.31. The van der Waals surface area contributed by atoms with Gasteiger partial charge in [-0.25, -0.2) is 0 Å². The van der Waals surface area contributed by atoms with Crippen molar-refractivity contribution in [3.8, 4) is 0 Å². The highest BCUT2D eigenvalue weighted by Gasteiger charge is 2.44. The Kier molecular flexibility index (Phi) is 4.27. The quantitative estimate of drug-likeness (QED) is 0.903. The first-order valence-corrected chi connectivity index (χ1v) is 6.33. The van der Waals surface area contributed by atoms with Gasteiger partial charge in [-0.2, -0.15) is 13.2 Å². The average Bonchev–Trinajstić information content (AvgIpc) is 2.46. The van der Waals surface area contributed by atoms with Crippen molar-refractivity contribution in [1.82, 2.24) is 9.88 Å². The Morgan fingerprint density at radius 1 is 1.40 bits per heavy atom. The molecule has 1 atom stereocenters. The second-order valence-electron chi connectivity index (χ2n) is 4.86. The average molecular weight is 288 g/mol. The van der Waals surface area contributed by atoms with Crippen molar-refractivity contribution in [3.05, 3.63) is 30.1 Å². The lowest BCUT2D eigenvalue weighted by Crippen LogP contribution is -2.45. The second-order valence-corrected chi connectivity index (χ2v) is 4.86. The molecule has 1 aromatic rings. The van der Waals surface area contributed by atoms with E-state index in [0.29, 0.717) is 5.56 Å². The Hall–Kier alpha value is -1.63. The molecule has 0 saturated carbocycles. The summed E-state index contributed by atoms with van der Waals surface area (Å²) < 4.78 is 37.2. The van der Waals surface area contributed by atoms with Gasteiger partial charge in [0.25, 0.3) is 5.91 Å². The Bertz CT molecular complexity index is 456. The monoisotopic (exact) mass is 288 g/mol. The fraction of sp³-hybridized carbons (Fsp3) is 0.538. The number of piperidine rings is 1. The van der Waals surface area contributed by atoms with Crippen LogP contribution in [0.5, 0.6) is 0 Å². The fourth-order valence-corrected chi connectivity index (χ4v) is 2.36. The van der Waals surface area contributed by atoms with E-state index in [9.17, 15) is 23.1 Å². The number of carbonyl (C=O) groups is 1. The van der Waals surface area contributed by atoms with Gasteiger partial charge in [0.15, 0.2) is 6.10 Å². The van der Waals surface area contributed by atoms with Crippen molar-refractivity contribution in [1.29, 1.82) is 0 Å². The zero-order valence-corrected chi connectivity index (χ0v) is 10.7. The number of aliphatic hydroxyl groups is 1. The SMILES string of the molecule is O=C(c1cccnc1)N1CCC(C(O)C(F)(F)F)CC1. The van der Waals surface area contributed by atoms with Crippen LogP contribution in [0.2, 0.25) is 0 Å². The molecule has 1 aliphatic heterocycles. The Morgan fingerprint density at radius 3 is 2.55 bits per heavy atom. The third-order valence-corrected chi connectivity index (χ3v) is 3.52. The number of pyridine rings is 1. The van der Waals surface area contributed by atoms with Gasteiger partial charge in [0.1, 0.15) is 0 Å². The topological polar surface area (TPSA) is 53.4 Å². The number of aliphatic hydroxyl groups excluding tert-OH is 1. The van der Waals surface area contributed by atoms with Crippen LogP contribution in [0, 0.1) is 5.92 Å². The highest BCUT2D eigenvalue weighted by molar-refractivity contribution is 5.93. The number of halogens is 3. The maximum atomic E-state index is 12.4. The molecule has 1 unspecified atom stereocenters. The van der Waals surface area contributed by atoms with E-state index in [0.717, 1.165) is 0 Å². The fourth-order valence-electron chi connectivity index (χ4n) is 2.36. The van der Waals surface area contributed by atoms with E-state index in [4.69, 9.17) is 0 Å². The summed E-state index contributed by atoms with van der Waals surface area (Å²) >= 11 is 0. The maximum Gasteiger partial charge on any atom is 0.414 e. The summed E-state index contributed by atoms with van der Waals surface area (Å²) in [6.45, 7) is 0.428. The largest absolute Gasteiger partial charge is 0.414 e. The molecule has 1 N–H and O–H groups in total. The summed E-state index contributed by atoms with van der Waals surface area (Å²) in [5.41, 5.74) is 0.419. The third kappa shape index (κ3) is 3.27. The molecule has 2 heterocycles. The van der Waals surface area contributed by atoms with E-state index in [1.54, 1.807) is 18.3 Å². The summed E-state index contributed by atoms with van der Waals surface area (Å²) in [4.78, 5) is 17.4. The molecule has 1 aliphatic rings. The molecular weight excluding hydrogens is 273 g/mol. The number of nitrogens with zero attached hydrogens (tertiary/aromatic N) is 2. The molecule has 0 spiro atoms. The van der Waals surface area contributed by atoms with Gasteiger partial charge in [0, 0.05) is 25.5 Å². The molecule has 1 amide bonds. The number of amides is 1. The number of likely N-dealkylation sites (tertiary alicyclic amines) is 1. The predicted octanol–water partition coefficient (Wildman–Crippen LogP) is 1.86. The normalized spacial score (nSPS) is 18.9. The molecule has 110 valence electrons. The summed E-state index contributed by atoms with van der Waals surface area (Å²) in [6, 6.07) is 3.25. The first-order chi connectivity index (χ1) is 9.39. The van der Waals surface area contributed by atoms with Crippen LogP contribution in [0.3, 0.4) is 0 Å². The van der Waals surface area contributed by atoms with Crippen LogP contribution in [0.1, 0.15) is 23.2 Å². The van der Waals surface area contributed by atoms with E-state index < -0.39 is 18.2 Å². The lowest BCUT2D eigenvalue weighted by atomic mass is 9.90. The zero-order valence-electron chi connectivity index (χ0n) is 10.7. The molecule has 7 heteroatoms. The van der Waals surface area contributed by atoms with Crippen molar-refractivity contribution in [2.24, 2.45) is 5.92 Å². The van der Waals surface area contributed by atoms with Crippen LogP contribution in [-0.2, 0) is 0 Å². The second kappa shape index (κ2) is 5.78. The van der Waals surface area contributed by atoms with Crippen molar-refractivity contribution in [2.45, 2.75) is 25.1 Å². The highest BCUT2D eigenvalue weighted by atomic mass is 19.4. The summed E-state index contributed by atoms with van der Waals surface area (Å²) in [5.74, 6) is -1.08. The first-order valence-electron chi connectivity index (χ1n) is 6.33. The molecule has 2 rings (SSSR count). The number of alkyl halides is 3. The number of hydrogen-bond donors (Lipinski definition) is 1. The summed E-state index contributed by atoms with van der Waals surface area (Å²) in [7, 11) is 0. The van der Waals surface area contributed by atoms with Crippen molar-refractivity contribution >= 4 is 5.91 Å². The van der Waals surface area contributed by atoms with Crippen LogP contribution in [0.15, 0.2) is 24.5 Å². The molecule has 1 aromatic heterocycles. The van der Waals surface area contributed by atoms with Gasteiger partial charge >= 0.3 is 6.18 Å². The molecule has 4 nitrogen and oxygen atoms in total. The zero-order chi connectivity index (χ0) is 14.8.